The van der Waals surface area contributed by atoms with Crippen molar-refractivity contribution < 1.29 is 9.52 Å². The van der Waals surface area contributed by atoms with Gasteiger partial charge in [-0.1, -0.05) is 6.92 Å². The predicted molar refractivity (Wildman–Crippen MR) is 114 cm³/mol. The van der Waals surface area contributed by atoms with Crippen LogP contribution in [0.3, 0.4) is 0 Å². The summed E-state index contributed by atoms with van der Waals surface area (Å²) >= 11 is 0. The second-order valence-corrected chi connectivity index (χ2v) is 6.55. The number of aryl methyl sites for hydroxylation is 1. The van der Waals surface area contributed by atoms with Gasteiger partial charge in [0.05, 0.1) is 19.0 Å². The summed E-state index contributed by atoms with van der Waals surface area (Å²) in [5, 5.41) is 21.5. The lowest BCUT2D eigenvalue weighted by atomic mass is 10.0. The van der Waals surface area contributed by atoms with E-state index in [1.165, 1.54) is 0 Å². The minimum atomic E-state index is -1.07. The molecule has 0 aliphatic heterocycles. The highest BCUT2D eigenvalue weighted by molar-refractivity contribution is 14.0. The SMILES string of the molecule is CCC(C)NC(=NCC(C)(O)c1cnn(C)c1)NCCc1ccco1.I. The fourth-order valence-corrected chi connectivity index (χ4v) is 2.27. The standard InChI is InChI=1S/C18H29N5O2.HI/c1-5-14(2)22-17(19-9-8-16-7-6-10-25-16)20-13-18(3,24)15-11-21-23(4)12-15;/h6-7,10-12,14,24H,5,8-9,13H2,1-4H3,(H2,19,20,22);1H. The summed E-state index contributed by atoms with van der Waals surface area (Å²) in [5.74, 6) is 1.61. The smallest absolute Gasteiger partial charge is 0.191 e. The van der Waals surface area contributed by atoms with Crippen molar-refractivity contribution in [1.29, 1.82) is 0 Å². The number of furan rings is 1. The summed E-state index contributed by atoms with van der Waals surface area (Å²) in [4.78, 5) is 4.56. The highest BCUT2D eigenvalue weighted by Gasteiger charge is 2.24. The molecule has 0 saturated heterocycles. The molecule has 0 aromatic carbocycles. The van der Waals surface area contributed by atoms with Gasteiger partial charge in [0.15, 0.2) is 5.96 Å². The Hall–Kier alpha value is -1.55. The number of rotatable bonds is 8. The van der Waals surface area contributed by atoms with Crippen molar-refractivity contribution in [2.24, 2.45) is 12.0 Å². The normalized spacial score (nSPS) is 15.0. The van der Waals surface area contributed by atoms with E-state index in [0.717, 1.165) is 24.2 Å². The lowest BCUT2D eigenvalue weighted by molar-refractivity contribution is 0.0671. The molecule has 3 N–H and O–H groups in total. The Morgan fingerprint density at radius 3 is 2.85 bits per heavy atom. The Kier molecular flexibility index (Phi) is 9.14. The molecule has 0 amide bonds. The first-order valence-electron chi connectivity index (χ1n) is 8.69. The van der Waals surface area contributed by atoms with Gasteiger partial charge in [-0.2, -0.15) is 5.10 Å². The molecular weight excluding hydrogens is 445 g/mol. The lowest BCUT2D eigenvalue weighted by Crippen LogP contribution is -2.43. The molecule has 0 aliphatic carbocycles. The summed E-state index contributed by atoms with van der Waals surface area (Å²) in [7, 11) is 1.83. The molecule has 2 aromatic rings. The topological polar surface area (TPSA) is 87.6 Å². The zero-order valence-electron chi connectivity index (χ0n) is 15.9. The molecule has 0 aliphatic rings. The van der Waals surface area contributed by atoms with Gasteiger partial charge >= 0.3 is 0 Å². The van der Waals surface area contributed by atoms with E-state index < -0.39 is 5.60 Å². The molecule has 0 fully saturated rings. The van der Waals surface area contributed by atoms with Crippen molar-refractivity contribution in [3.05, 3.63) is 42.1 Å². The van der Waals surface area contributed by atoms with E-state index in [0.29, 0.717) is 18.5 Å². The van der Waals surface area contributed by atoms with Gasteiger partial charge in [0.1, 0.15) is 11.4 Å². The number of aliphatic hydroxyl groups is 1. The minimum absolute atomic E-state index is 0. The molecule has 8 heteroatoms. The van der Waals surface area contributed by atoms with Crippen LogP contribution in [0.4, 0.5) is 0 Å². The molecule has 0 bridgehead atoms. The van der Waals surface area contributed by atoms with Gasteiger partial charge in [0, 0.05) is 37.8 Å². The quantitative estimate of drug-likeness (QED) is 0.310. The first-order valence-corrected chi connectivity index (χ1v) is 8.69. The van der Waals surface area contributed by atoms with Crippen molar-refractivity contribution in [2.45, 2.75) is 45.3 Å². The van der Waals surface area contributed by atoms with Gasteiger partial charge in [0.25, 0.3) is 0 Å². The van der Waals surface area contributed by atoms with Crippen molar-refractivity contribution >= 4 is 29.9 Å². The van der Waals surface area contributed by atoms with Crippen LogP contribution in [-0.4, -0.2) is 40.0 Å². The van der Waals surface area contributed by atoms with Crippen LogP contribution in [-0.2, 0) is 19.1 Å². The summed E-state index contributed by atoms with van der Waals surface area (Å²) in [6.45, 7) is 6.90. The number of guanidine groups is 1. The summed E-state index contributed by atoms with van der Waals surface area (Å²) in [6, 6.07) is 4.12. The Morgan fingerprint density at radius 2 is 2.27 bits per heavy atom. The number of hydrogen-bond acceptors (Lipinski definition) is 4. The van der Waals surface area contributed by atoms with E-state index in [1.54, 1.807) is 24.1 Å². The van der Waals surface area contributed by atoms with Gasteiger partial charge in [-0.05, 0) is 32.4 Å². The van der Waals surface area contributed by atoms with Crippen molar-refractivity contribution in [2.75, 3.05) is 13.1 Å². The van der Waals surface area contributed by atoms with Crippen LogP contribution in [0.1, 0.15) is 38.5 Å². The van der Waals surface area contributed by atoms with E-state index in [4.69, 9.17) is 4.42 Å². The fraction of sp³-hybridized carbons (Fsp3) is 0.556. The number of nitrogens with one attached hydrogen (secondary N) is 2. The monoisotopic (exact) mass is 475 g/mol. The lowest BCUT2D eigenvalue weighted by Gasteiger charge is -2.22. The van der Waals surface area contributed by atoms with Crippen LogP contribution in [0.15, 0.2) is 40.2 Å². The molecule has 2 rings (SSSR count). The summed E-state index contributed by atoms with van der Waals surface area (Å²) < 4.78 is 7.02. The average Bonchev–Trinajstić information content (AvgIpc) is 3.24. The Bertz CT molecular complexity index is 667. The van der Waals surface area contributed by atoms with Crippen molar-refractivity contribution in [3.63, 3.8) is 0 Å². The first kappa shape index (κ1) is 22.5. The maximum atomic E-state index is 10.7. The van der Waals surface area contributed by atoms with E-state index >= 15 is 0 Å². The second-order valence-electron chi connectivity index (χ2n) is 6.55. The Morgan fingerprint density at radius 1 is 1.50 bits per heavy atom. The van der Waals surface area contributed by atoms with E-state index in [1.807, 2.05) is 25.4 Å². The van der Waals surface area contributed by atoms with Crippen LogP contribution in [0, 0.1) is 0 Å². The largest absolute Gasteiger partial charge is 0.469 e. The van der Waals surface area contributed by atoms with Gasteiger partial charge in [0.2, 0.25) is 0 Å². The van der Waals surface area contributed by atoms with Crippen LogP contribution in [0.2, 0.25) is 0 Å². The summed E-state index contributed by atoms with van der Waals surface area (Å²) in [6.07, 6.45) is 6.90. The molecule has 7 nitrogen and oxygen atoms in total. The molecule has 2 unspecified atom stereocenters. The number of aromatic nitrogens is 2. The first-order chi connectivity index (χ1) is 11.9. The average molecular weight is 475 g/mol. The highest BCUT2D eigenvalue weighted by Crippen LogP contribution is 2.19. The zero-order valence-corrected chi connectivity index (χ0v) is 18.2. The van der Waals surface area contributed by atoms with Crippen molar-refractivity contribution in [3.8, 4) is 0 Å². The van der Waals surface area contributed by atoms with Gasteiger partial charge < -0.3 is 20.2 Å². The maximum Gasteiger partial charge on any atom is 0.191 e. The van der Waals surface area contributed by atoms with Crippen LogP contribution in [0.25, 0.3) is 0 Å². The molecule has 0 spiro atoms. The molecule has 26 heavy (non-hydrogen) atoms. The molecular formula is C18H30IN5O2. The molecule has 146 valence electrons. The fourth-order valence-electron chi connectivity index (χ4n) is 2.27. The van der Waals surface area contributed by atoms with Crippen LogP contribution >= 0.6 is 24.0 Å². The molecule has 2 heterocycles. The van der Waals surface area contributed by atoms with Crippen molar-refractivity contribution in [1.82, 2.24) is 20.4 Å². The highest BCUT2D eigenvalue weighted by atomic mass is 127. The van der Waals surface area contributed by atoms with Gasteiger partial charge in [-0.25, -0.2) is 4.99 Å². The molecule has 0 radical (unpaired) electrons. The number of halogens is 1. The Balaban J connectivity index is 0.00000338. The maximum absolute atomic E-state index is 10.7. The molecule has 0 saturated carbocycles. The number of nitrogens with zero attached hydrogens (tertiary/aromatic N) is 3. The Labute approximate surface area is 172 Å². The third-order valence-electron chi connectivity index (χ3n) is 4.11. The second kappa shape index (κ2) is 10.6. The number of hydrogen-bond donors (Lipinski definition) is 3. The third-order valence-corrected chi connectivity index (χ3v) is 4.11. The van der Waals surface area contributed by atoms with E-state index in [-0.39, 0.29) is 30.5 Å². The predicted octanol–water partition coefficient (Wildman–Crippen LogP) is 2.42. The van der Waals surface area contributed by atoms with E-state index in [9.17, 15) is 5.11 Å². The van der Waals surface area contributed by atoms with Crippen LogP contribution < -0.4 is 10.6 Å². The molecule has 2 aromatic heterocycles. The summed E-state index contributed by atoms with van der Waals surface area (Å²) in [5.41, 5.74) is -0.323. The molecule has 2 atom stereocenters. The number of aliphatic imine (C=N–C) groups is 1. The van der Waals surface area contributed by atoms with E-state index in [2.05, 4.69) is 34.6 Å². The van der Waals surface area contributed by atoms with Gasteiger partial charge in [-0.15, -0.1) is 24.0 Å². The third kappa shape index (κ3) is 6.99. The van der Waals surface area contributed by atoms with Gasteiger partial charge in [-0.3, -0.25) is 4.68 Å². The van der Waals surface area contributed by atoms with Crippen LogP contribution in [0.5, 0.6) is 0 Å². The zero-order chi connectivity index (χ0) is 18.3. The minimum Gasteiger partial charge on any atom is -0.469 e.